The summed E-state index contributed by atoms with van der Waals surface area (Å²) in [6.07, 6.45) is 2.13. The molecular weight excluding hydrogens is 365 g/mol. The van der Waals surface area contributed by atoms with E-state index in [0.717, 1.165) is 26.2 Å². The molecule has 5 nitrogen and oxygen atoms in total. The summed E-state index contributed by atoms with van der Waals surface area (Å²) >= 11 is 6.70. The van der Waals surface area contributed by atoms with Crippen LogP contribution in [0.3, 0.4) is 0 Å². The molecule has 0 aliphatic carbocycles. The first-order chi connectivity index (χ1) is 10.3. The largest absolute Gasteiger partial charge is 1.00 e. The molecule has 9 heteroatoms. The first-order valence-corrected chi connectivity index (χ1v) is 9.39. The number of methoxy groups -OCH3 is 1. The topological polar surface area (TPSA) is 69.7 Å². The molecule has 23 heavy (non-hydrogen) atoms. The van der Waals surface area contributed by atoms with E-state index in [1.165, 1.54) is 0 Å². The van der Waals surface area contributed by atoms with Gasteiger partial charge in [0, 0.05) is 28.1 Å². The van der Waals surface area contributed by atoms with Crippen molar-refractivity contribution in [2.45, 2.75) is 18.2 Å². The maximum absolute atomic E-state index is 10.8. The van der Waals surface area contributed by atoms with Crippen LogP contribution in [0.4, 0.5) is 5.69 Å². The summed E-state index contributed by atoms with van der Waals surface area (Å²) in [6.45, 7) is 2.26. The van der Waals surface area contributed by atoms with Crippen molar-refractivity contribution in [2.75, 3.05) is 24.3 Å². The van der Waals surface area contributed by atoms with Gasteiger partial charge in [-0.2, -0.15) is 0 Å². The summed E-state index contributed by atoms with van der Waals surface area (Å²) in [5.41, 5.74) is 0.940. The minimum atomic E-state index is -4.20. The van der Waals surface area contributed by atoms with Gasteiger partial charge in [0.1, 0.15) is 5.75 Å². The minimum Gasteiger partial charge on any atom is -0.748 e. The third-order valence-corrected chi connectivity index (χ3v) is 5.06. The first kappa shape index (κ1) is 21.0. The molecule has 0 unspecified atom stereocenters. The van der Waals surface area contributed by atoms with E-state index < -0.39 is 10.1 Å². The van der Waals surface area contributed by atoms with Gasteiger partial charge in [-0.05, 0) is 31.6 Å². The summed E-state index contributed by atoms with van der Waals surface area (Å²) in [7, 11) is -2.61. The fourth-order valence-corrected chi connectivity index (χ4v) is 3.96. The molecule has 0 saturated carbocycles. The van der Waals surface area contributed by atoms with Crippen LogP contribution in [-0.2, 0) is 10.1 Å². The molecule has 0 radical (unpaired) electrons. The van der Waals surface area contributed by atoms with Crippen molar-refractivity contribution in [3.63, 3.8) is 0 Å². The minimum absolute atomic E-state index is 0. The summed E-state index contributed by atoms with van der Waals surface area (Å²) in [6, 6.07) is 5.72. The molecule has 1 aromatic carbocycles. The zero-order valence-electron chi connectivity index (χ0n) is 13.2. The van der Waals surface area contributed by atoms with Gasteiger partial charge in [0.05, 0.1) is 27.9 Å². The quantitative estimate of drug-likeness (QED) is 0.292. The number of nitrogens with zero attached hydrogens (tertiary/aromatic N) is 1. The Morgan fingerprint density at radius 3 is 2.74 bits per heavy atom. The molecule has 0 amide bonds. The van der Waals surface area contributed by atoms with Crippen LogP contribution in [0.2, 0.25) is 0 Å². The molecule has 0 spiro atoms. The van der Waals surface area contributed by atoms with Gasteiger partial charge in [-0.15, -0.1) is 0 Å². The van der Waals surface area contributed by atoms with Gasteiger partial charge in [-0.3, -0.25) is 0 Å². The van der Waals surface area contributed by atoms with E-state index in [0.29, 0.717) is 6.54 Å². The van der Waals surface area contributed by atoms with Gasteiger partial charge in [0.15, 0.2) is 0 Å². The van der Waals surface area contributed by atoms with Crippen LogP contribution in [0.5, 0.6) is 5.75 Å². The Bertz CT molecular complexity index is 719. The number of ether oxygens (including phenoxy) is 1. The Morgan fingerprint density at radius 2 is 2.17 bits per heavy atom. The fraction of sp³-hybridized carbons (Fsp3) is 0.357. The molecule has 2 rings (SSSR count). The second-order valence-corrected chi connectivity index (χ2v) is 8.03. The number of benzene rings is 1. The molecule has 0 N–H and O–H groups in total. The number of rotatable bonds is 6. The molecular formula is C14H16NNaO4S3. The second-order valence-electron chi connectivity index (χ2n) is 4.80. The Morgan fingerprint density at radius 1 is 1.48 bits per heavy atom. The van der Waals surface area contributed by atoms with Gasteiger partial charge in [-0.25, -0.2) is 8.42 Å². The van der Waals surface area contributed by atoms with E-state index in [1.54, 1.807) is 18.9 Å². The van der Waals surface area contributed by atoms with Crippen molar-refractivity contribution < 1.29 is 47.3 Å². The van der Waals surface area contributed by atoms with Crippen molar-refractivity contribution in [3.8, 4) is 5.75 Å². The van der Waals surface area contributed by atoms with Crippen LogP contribution in [-0.4, -0.2) is 37.2 Å². The normalized spacial score (nSPS) is 15.3. The Balaban J connectivity index is 0.00000264. The van der Waals surface area contributed by atoms with Crippen molar-refractivity contribution in [1.29, 1.82) is 0 Å². The predicted octanol–water partition coefficient (Wildman–Crippen LogP) is -0.222. The summed E-state index contributed by atoms with van der Waals surface area (Å²) in [5.74, 6) is 0.346. The number of hydrogen-bond acceptors (Lipinski definition) is 7. The van der Waals surface area contributed by atoms with E-state index in [2.05, 4.69) is 0 Å². The zero-order valence-corrected chi connectivity index (χ0v) is 17.7. The van der Waals surface area contributed by atoms with Gasteiger partial charge in [0.25, 0.3) is 0 Å². The number of fused-ring (bicyclic) bond motifs is 1. The monoisotopic (exact) mass is 381 g/mol. The Kier molecular flexibility index (Phi) is 8.06. The molecule has 120 valence electrons. The number of hydrogen-bond donors (Lipinski definition) is 0. The van der Waals surface area contributed by atoms with Crippen molar-refractivity contribution in [3.05, 3.63) is 29.3 Å². The maximum atomic E-state index is 10.8. The van der Waals surface area contributed by atoms with Crippen LogP contribution in [0.1, 0.15) is 13.3 Å². The van der Waals surface area contributed by atoms with E-state index in [-0.39, 0.29) is 41.7 Å². The van der Waals surface area contributed by atoms with Crippen LogP contribution in [0.25, 0.3) is 0 Å². The summed E-state index contributed by atoms with van der Waals surface area (Å²) < 4.78 is 37.6. The maximum Gasteiger partial charge on any atom is 1.00 e. The number of thiocarbonyl (C=S) groups is 1. The smallest absolute Gasteiger partial charge is 0.748 e. The molecule has 1 aliphatic rings. The van der Waals surface area contributed by atoms with Gasteiger partial charge in [0.2, 0.25) is 0 Å². The predicted molar refractivity (Wildman–Crippen MR) is 91.7 cm³/mol. The van der Waals surface area contributed by atoms with Gasteiger partial charge < -0.3 is 14.2 Å². The molecule has 0 saturated heterocycles. The van der Waals surface area contributed by atoms with Crippen molar-refractivity contribution in [1.82, 2.24) is 0 Å². The third kappa shape index (κ3) is 6.04. The van der Waals surface area contributed by atoms with Crippen LogP contribution < -0.4 is 39.2 Å². The van der Waals surface area contributed by atoms with Crippen LogP contribution in [0.15, 0.2) is 34.2 Å². The SMILES string of the molecule is COc1ccc2c(c1)N(CCCS(=O)(=O)[O-])/C(=C/C(C)=S)S2.[Na+]. The van der Waals surface area contributed by atoms with E-state index in [1.807, 2.05) is 36.1 Å². The van der Waals surface area contributed by atoms with E-state index in [4.69, 9.17) is 17.0 Å². The standard InChI is InChI=1S/C14H17NO4S3.Na/c1-10(20)8-14-15(6-3-7-22(16,17)18)12-9-11(19-2)4-5-13(12)21-14;/h4-5,8-9H,3,6-7H2,1-2H3,(H,16,17,18);/q;+1/p-1/b14-8-;. The molecule has 1 aromatic rings. The molecule has 1 aliphatic heterocycles. The second kappa shape index (κ2) is 8.84. The van der Waals surface area contributed by atoms with Gasteiger partial charge >= 0.3 is 29.6 Å². The fourth-order valence-electron chi connectivity index (χ4n) is 2.12. The van der Waals surface area contributed by atoms with Crippen LogP contribution in [0, 0.1) is 0 Å². The molecule has 0 bridgehead atoms. The molecule has 1 heterocycles. The first-order valence-electron chi connectivity index (χ1n) is 6.59. The molecule has 0 aromatic heterocycles. The molecule has 0 fully saturated rings. The van der Waals surface area contributed by atoms with Crippen molar-refractivity contribution >= 4 is 44.6 Å². The van der Waals surface area contributed by atoms with E-state index in [9.17, 15) is 13.0 Å². The number of anilines is 1. The van der Waals surface area contributed by atoms with Crippen molar-refractivity contribution in [2.24, 2.45) is 0 Å². The summed E-state index contributed by atoms with van der Waals surface area (Å²) in [5, 5.41) is 0.930. The Hall–Kier alpha value is -0.0900. The Labute approximate surface area is 168 Å². The molecule has 0 atom stereocenters. The summed E-state index contributed by atoms with van der Waals surface area (Å²) in [4.78, 5) is 3.76. The zero-order chi connectivity index (χ0) is 16.3. The average molecular weight is 381 g/mol. The number of allylic oxidation sites excluding steroid dienone is 1. The van der Waals surface area contributed by atoms with Gasteiger partial charge in [-0.1, -0.05) is 24.0 Å². The average Bonchev–Trinajstić information content (AvgIpc) is 2.73. The number of thioether (sulfide) groups is 1. The van der Waals surface area contributed by atoms with Crippen LogP contribution >= 0.6 is 24.0 Å². The van der Waals surface area contributed by atoms with E-state index >= 15 is 0 Å². The third-order valence-electron chi connectivity index (χ3n) is 3.04.